The Morgan fingerprint density at radius 2 is 2.00 bits per heavy atom. The Hall–Kier alpha value is -2.35. The van der Waals surface area contributed by atoms with Crippen LogP contribution in [-0.4, -0.2) is 33.8 Å². The molecule has 0 fully saturated rings. The fourth-order valence-corrected chi connectivity index (χ4v) is 4.21. The van der Waals surface area contributed by atoms with E-state index >= 15 is 0 Å². The molecule has 33 heavy (non-hydrogen) atoms. The van der Waals surface area contributed by atoms with Crippen molar-refractivity contribution in [2.24, 2.45) is 0 Å². The standard InChI is InChI=1S/C24H22Cl2N2O4.ClH/c25-18-3-1-2-15(8-18)22(29)13-27-19-6-4-14-5-7-20(10-16(14)9-19)32-23-21(26)11-17(12-28-23)24(30)31;/h1-3,5,7-8,10-12,19,22,27,29H,4,6,9,13H2,(H,30,31);1H/t19-,22-;/m0./s1. The van der Waals surface area contributed by atoms with Gasteiger partial charge in [-0.25, -0.2) is 9.78 Å². The minimum absolute atomic E-state index is 0. The molecule has 2 atom stereocenters. The van der Waals surface area contributed by atoms with Gasteiger partial charge in [-0.2, -0.15) is 0 Å². The Labute approximate surface area is 207 Å². The second-order valence-corrected chi connectivity index (χ2v) is 8.61. The maximum absolute atomic E-state index is 11.0. The van der Waals surface area contributed by atoms with E-state index < -0.39 is 12.1 Å². The van der Waals surface area contributed by atoms with Crippen LogP contribution in [0, 0.1) is 0 Å². The summed E-state index contributed by atoms with van der Waals surface area (Å²) in [6.45, 7) is 0.436. The number of nitrogens with zero attached hydrogens (tertiary/aromatic N) is 1. The van der Waals surface area contributed by atoms with Gasteiger partial charge >= 0.3 is 5.97 Å². The summed E-state index contributed by atoms with van der Waals surface area (Å²) in [5.74, 6) is -0.355. The first-order valence-electron chi connectivity index (χ1n) is 10.2. The quantitative estimate of drug-likeness (QED) is 0.391. The van der Waals surface area contributed by atoms with E-state index in [0.29, 0.717) is 17.3 Å². The zero-order valence-corrected chi connectivity index (χ0v) is 19.8. The van der Waals surface area contributed by atoms with Crippen molar-refractivity contribution in [2.45, 2.75) is 31.4 Å². The normalized spacial score (nSPS) is 15.8. The highest BCUT2D eigenvalue weighted by Gasteiger charge is 2.21. The number of halogens is 3. The number of nitrogens with one attached hydrogen (secondary N) is 1. The summed E-state index contributed by atoms with van der Waals surface area (Å²) in [5.41, 5.74) is 3.20. The maximum Gasteiger partial charge on any atom is 0.337 e. The summed E-state index contributed by atoms with van der Waals surface area (Å²) in [6, 6.07) is 14.6. The number of aliphatic hydroxyl groups excluding tert-OH is 1. The van der Waals surface area contributed by atoms with Crippen LogP contribution in [0.25, 0.3) is 0 Å². The molecule has 0 amide bonds. The number of aromatic carboxylic acids is 1. The number of rotatable bonds is 7. The molecule has 0 aliphatic heterocycles. The molecule has 1 aliphatic carbocycles. The second kappa shape index (κ2) is 11.2. The number of carbonyl (C=O) groups is 1. The van der Waals surface area contributed by atoms with Crippen LogP contribution in [0.3, 0.4) is 0 Å². The minimum atomic E-state index is -1.10. The third-order valence-electron chi connectivity index (χ3n) is 5.51. The van der Waals surface area contributed by atoms with Gasteiger partial charge in [0, 0.05) is 23.8 Å². The van der Waals surface area contributed by atoms with Crippen LogP contribution in [0.4, 0.5) is 0 Å². The summed E-state index contributed by atoms with van der Waals surface area (Å²) in [7, 11) is 0. The lowest BCUT2D eigenvalue weighted by Crippen LogP contribution is -2.37. The lowest BCUT2D eigenvalue weighted by atomic mass is 9.88. The average Bonchev–Trinajstić information content (AvgIpc) is 2.78. The monoisotopic (exact) mass is 508 g/mol. The zero-order chi connectivity index (χ0) is 22.7. The summed E-state index contributed by atoms with van der Waals surface area (Å²) < 4.78 is 5.80. The van der Waals surface area contributed by atoms with Crippen LogP contribution >= 0.6 is 35.6 Å². The molecule has 0 saturated carbocycles. The third kappa shape index (κ3) is 6.37. The van der Waals surface area contributed by atoms with Crippen LogP contribution in [0.2, 0.25) is 10.0 Å². The number of aliphatic hydroxyl groups is 1. The van der Waals surface area contributed by atoms with Gasteiger partial charge in [-0.05, 0) is 66.3 Å². The Bertz CT molecular complexity index is 1140. The molecule has 1 aliphatic rings. The van der Waals surface area contributed by atoms with Gasteiger partial charge in [0.05, 0.1) is 11.7 Å². The first kappa shape index (κ1) is 25.3. The van der Waals surface area contributed by atoms with Crippen LogP contribution < -0.4 is 10.1 Å². The Kier molecular flexibility index (Phi) is 8.57. The lowest BCUT2D eigenvalue weighted by molar-refractivity contribution is 0.0696. The molecule has 3 N–H and O–H groups in total. The van der Waals surface area contributed by atoms with Crippen molar-refractivity contribution in [2.75, 3.05) is 6.54 Å². The van der Waals surface area contributed by atoms with E-state index in [4.69, 9.17) is 33.0 Å². The van der Waals surface area contributed by atoms with E-state index in [1.807, 2.05) is 30.3 Å². The van der Waals surface area contributed by atoms with E-state index in [0.717, 1.165) is 30.4 Å². The van der Waals surface area contributed by atoms with Crippen molar-refractivity contribution < 1.29 is 19.7 Å². The maximum atomic E-state index is 11.0. The van der Waals surface area contributed by atoms with Gasteiger partial charge in [0.1, 0.15) is 10.8 Å². The van der Waals surface area contributed by atoms with Gasteiger partial charge in [0.25, 0.3) is 0 Å². The predicted octanol–water partition coefficient (Wildman–Crippen LogP) is 5.48. The molecule has 3 aromatic rings. The molecule has 1 heterocycles. The Morgan fingerprint density at radius 3 is 2.73 bits per heavy atom. The molecular formula is C24H23Cl3N2O4. The molecule has 2 aromatic carbocycles. The molecule has 0 unspecified atom stereocenters. The predicted molar refractivity (Wildman–Crippen MR) is 130 cm³/mol. The molecule has 6 nitrogen and oxygen atoms in total. The molecule has 0 saturated heterocycles. The first-order chi connectivity index (χ1) is 15.4. The molecule has 9 heteroatoms. The van der Waals surface area contributed by atoms with Gasteiger partial charge in [0.2, 0.25) is 5.88 Å². The highest BCUT2D eigenvalue weighted by Crippen LogP contribution is 2.31. The number of pyridine rings is 1. The number of ether oxygens (including phenoxy) is 1. The first-order valence-corrected chi connectivity index (χ1v) is 11.0. The number of aryl methyl sites for hydroxylation is 1. The van der Waals surface area contributed by atoms with E-state index in [1.54, 1.807) is 12.1 Å². The summed E-state index contributed by atoms with van der Waals surface area (Å²) >= 11 is 12.1. The molecule has 1 aromatic heterocycles. The third-order valence-corrected chi connectivity index (χ3v) is 6.01. The van der Waals surface area contributed by atoms with Gasteiger partial charge in [0.15, 0.2) is 0 Å². The molecular weight excluding hydrogens is 487 g/mol. The van der Waals surface area contributed by atoms with E-state index in [2.05, 4.69) is 10.3 Å². The van der Waals surface area contributed by atoms with E-state index in [1.165, 1.54) is 17.8 Å². The van der Waals surface area contributed by atoms with Crippen molar-refractivity contribution in [3.05, 3.63) is 87.0 Å². The van der Waals surface area contributed by atoms with Crippen LogP contribution in [0.1, 0.15) is 39.6 Å². The Morgan fingerprint density at radius 1 is 1.18 bits per heavy atom. The van der Waals surface area contributed by atoms with Crippen LogP contribution in [0.5, 0.6) is 11.6 Å². The van der Waals surface area contributed by atoms with Gasteiger partial charge in [-0.15, -0.1) is 12.4 Å². The largest absolute Gasteiger partial charge is 0.478 e. The Balaban J connectivity index is 0.00000306. The molecule has 4 rings (SSSR count). The van der Waals surface area contributed by atoms with Crippen LogP contribution in [0.15, 0.2) is 54.7 Å². The number of aromatic nitrogens is 1. The number of fused-ring (bicyclic) bond motifs is 1. The average molecular weight is 510 g/mol. The van der Waals surface area contributed by atoms with Crippen molar-refractivity contribution in [1.29, 1.82) is 0 Å². The fraction of sp³-hybridized carbons (Fsp3) is 0.250. The molecule has 0 spiro atoms. The van der Waals surface area contributed by atoms with E-state index in [9.17, 15) is 9.90 Å². The number of carboxylic acid groups (broad SMARTS) is 1. The summed E-state index contributed by atoms with van der Waals surface area (Å²) in [6.07, 6.45) is 3.28. The van der Waals surface area contributed by atoms with Gasteiger partial charge in [-0.1, -0.05) is 41.4 Å². The van der Waals surface area contributed by atoms with Crippen molar-refractivity contribution in [3.8, 4) is 11.6 Å². The van der Waals surface area contributed by atoms with Crippen LogP contribution in [-0.2, 0) is 12.8 Å². The molecule has 0 bridgehead atoms. The van der Waals surface area contributed by atoms with E-state index in [-0.39, 0.29) is 34.9 Å². The topological polar surface area (TPSA) is 91.7 Å². The highest BCUT2D eigenvalue weighted by molar-refractivity contribution is 6.32. The highest BCUT2D eigenvalue weighted by atomic mass is 35.5. The smallest absolute Gasteiger partial charge is 0.337 e. The van der Waals surface area contributed by atoms with Crippen molar-refractivity contribution in [3.63, 3.8) is 0 Å². The van der Waals surface area contributed by atoms with Gasteiger partial charge in [-0.3, -0.25) is 0 Å². The molecule has 0 radical (unpaired) electrons. The fourth-order valence-electron chi connectivity index (χ4n) is 3.81. The van der Waals surface area contributed by atoms with Gasteiger partial charge < -0.3 is 20.3 Å². The number of hydrogen-bond acceptors (Lipinski definition) is 5. The van der Waals surface area contributed by atoms with Crippen molar-refractivity contribution >= 4 is 41.6 Å². The molecule has 174 valence electrons. The SMILES string of the molecule is Cl.O=C(O)c1cnc(Oc2ccc3c(c2)C[C@@H](NC[C@H](O)c2cccc(Cl)c2)CC3)c(Cl)c1. The lowest BCUT2D eigenvalue weighted by Gasteiger charge is -2.27. The number of hydrogen-bond donors (Lipinski definition) is 3. The summed E-state index contributed by atoms with van der Waals surface area (Å²) in [4.78, 5) is 15.1. The number of benzene rings is 2. The minimum Gasteiger partial charge on any atom is -0.478 e. The second-order valence-electron chi connectivity index (χ2n) is 7.77. The zero-order valence-electron chi connectivity index (χ0n) is 17.5. The summed E-state index contributed by atoms with van der Waals surface area (Å²) in [5, 5.41) is 23.7. The van der Waals surface area contributed by atoms with Crippen molar-refractivity contribution in [1.82, 2.24) is 10.3 Å². The number of carboxylic acids is 1.